The molecule has 0 aromatic heterocycles. The molecule has 1 N–H and O–H groups in total. The van der Waals surface area contributed by atoms with Crippen LogP contribution in [0.25, 0.3) is 0 Å². The fourth-order valence-corrected chi connectivity index (χ4v) is 3.44. The number of benzene rings is 1. The Morgan fingerprint density at radius 2 is 1.94 bits per heavy atom. The Hall–Kier alpha value is -1.31. The molecule has 0 bridgehead atoms. The Morgan fingerprint density at radius 3 is 2.78 bits per heavy atom. The number of fused-ring (bicyclic) bond motifs is 1. The number of nitrogens with one attached hydrogen (secondary N) is 1. The Balaban J connectivity index is 1.74. The van der Waals surface area contributed by atoms with Crippen LogP contribution < -0.4 is 5.32 Å². The average Bonchev–Trinajstić information content (AvgIpc) is 2.91. The molecule has 0 spiro atoms. The van der Waals surface area contributed by atoms with Gasteiger partial charge < -0.3 is 5.32 Å². The number of ketones is 1. The predicted molar refractivity (Wildman–Crippen MR) is 73.9 cm³/mol. The summed E-state index contributed by atoms with van der Waals surface area (Å²) in [5.74, 6) is 1.28. The minimum atomic E-state index is 0.142. The molecule has 1 fully saturated rings. The largest absolute Gasteiger partial charge is 0.385 e. The van der Waals surface area contributed by atoms with Crippen molar-refractivity contribution in [1.29, 1.82) is 0 Å². The highest BCUT2D eigenvalue weighted by molar-refractivity contribution is 5.88. The molecule has 1 aromatic rings. The summed E-state index contributed by atoms with van der Waals surface area (Å²) in [6.07, 6.45) is 6.93. The topological polar surface area (TPSA) is 29.1 Å². The van der Waals surface area contributed by atoms with Gasteiger partial charge in [-0.2, -0.15) is 0 Å². The molecule has 1 atom stereocenters. The molecule has 1 unspecified atom stereocenters. The van der Waals surface area contributed by atoms with Gasteiger partial charge in [-0.1, -0.05) is 43.9 Å². The summed E-state index contributed by atoms with van der Waals surface area (Å²) in [7, 11) is 0. The van der Waals surface area contributed by atoms with Crippen molar-refractivity contribution >= 4 is 11.5 Å². The van der Waals surface area contributed by atoms with Crippen LogP contribution in [0.4, 0.5) is 5.69 Å². The molecule has 1 saturated carbocycles. The minimum Gasteiger partial charge on any atom is -0.385 e. The molecule has 0 saturated heterocycles. The summed E-state index contributed by atoms with van der Waals surface area (Å²) in [5.41, 5.74) is 2.38. The third kappa shape index (κ3) is 2.29. The van der Waals surface area contributed by atoms with Gasteiger partial charge in [0.15, 0.2) is 0 Å². The van der Waals surface area contributed by atoms with E-state index in [1.807, 2.05) is 12.1 Å². The van der Waals surface area contributed by atoms with Crippen molar-refractivity contribution in [2.75, 3.05) is 11.9 Å². The Bertz CT molecular complexity index is 434. The molecular weight excluding hydrogens is 222 g/mol. The van der Waals surface area contributed by atoms with Gasteiger partial charge in [-0.05, 0) is 24.0 Å². The zero-order chi connectivity index (χ0) is 12.4. The van der Waals surface area contributed by atoms with Crippen molar-refractivity contribution in [2.45, 2.75) is 44.4 Å². The summed E-state index contributed by atoms with van der Waals surface area (Å²) < 4.78 is 0. The highest BCUT2D eigenvalue weighted by Crippen LogP contribution is 2.35. The first-order valence-corrected chi connectivity index (χ1v) is 7.20. The van der Waals surface area contributed by atoms with Crippen LogP contribution in [0.2, 0.25) is 0 Å². The van der Waals surface area contributed by atoms with E-state index in [-0.39, 0.29) is 5.92 Å². The molecule has 2 heteroatoms. The van der Waals surface area contributed by atoms with Crippen molar-refractivity contribution in [1.82, 2.24) is 0 Å². The lowest BCUT2D eigenvalue weighted by molar-refractivity contribution is -0.121. The van der Waals surface area contributed by atoms with Gasteiger partial charge in [0.25, 0.3) is 0 Å². The van der Waals surface area contributed by atoms with Gasteiger partial charge in [-0.25, -0.2) is 0 Å². The molecule has 1 aliphatic heterocycles. The molecule has 1 heterocycles. The number of anilines is 1. The van der Waals surface area contributed by atoms with E-state index in [0.717, 1.165) is 25.1 Å². The number of hydrogen-bond donors (Lipinski definition) is 1. The quantitative estimate of drug-likeness (QED) is 0.876. The lowest BCUT2D eigenvalue weighted by Crippen LogP contribution is -2.24. The SMILES string of the molecule is O=C(CC1CCCC1)C1CCNc2ccccc21. The Morgan fingerprint density at radius 1 is 1.17 bits per heavy atom. The van der Waals surface area contributed by atoms with E-state index in [4.69, 9.17) is 0 Å². The standard InChI is InChI=1S/C16H21NO/c18-16(11-12-5-1-2-6-12)14-9-10-17-15-8-4-3-7-13(14)15/h3-4,7-8,12,14,17H,1-2,5-6,9-11H2. The molecule has 18 heavy (non-hydrogen) atoms. The van der Waals surface area contributed by atoms with Crippen LogP contribution in [0, 0.1) is 5.92 Å². The van der Waals surface area contributed by atoms with Crippen molar-refractivity contribution < 1.29 is 4.79 Å². The van der Waals surface area contributed by atoms with Crippen molar-refractivity contribution in [3.63, 3.8) is 0 Å². The number of carbonyl (C=O) groups is 1. The van der Waals surface area contributed by atoms with E-state index >= 15 is 0 Å². The second-order valence-corrected chi connectivity index (χ2v) is 5.68. The van der Waals surface area contributed by atoms with E-state index in [1.165, 1.54) is 31.2 Å². The molecule has 2 aliphatic rings. The molecule has 1 aromatic carbocycles. The molecule has 96 valence electrons. The highest BCUT2D eigenvalue weighted by Gasteiger charge is 2.28. The van der Waals surface area contributed by atoms with Gasteiger partial charge in [0.2, 0.25) is 0 Å². The molecule has 0 amide bonds. The lowest BCUT2D eigenvalue weighted by atomic mass is 9.84. The van der Waals surface area contributed by atoms with E-state index in [0.29, 0.717) is 11.7 Å². The number of para-hydroxylation sites is 1. The van der Waals surface area contributed by atoms with Crippen LogP contribution in [0.1, 0.15) is 50.0 Å². The molecule has 0 radical (unpaired) electrons. The van der Waals surface area contributed by atoms with E-state index in [2.05, 4.69) is 17.4 Å². The van der Waals surface area contributed by atoms with Gasteiger partial charge in [-0.3, -0.25) is 4.79 Å². The molecule has 3 rings (SSSR count). The summed E-state index contributed by atoms with van der Waals surface area (Å²) in [6.45, 7) is 0.929. The average molecular weight is 243 g/mol. The summed E-state index contributed by atoms with van der Waals surface area (Å²) in [5, 5.41) is 3.39. The third-order valence-corrected chi connectivity index (χ3v) is 4.44. The van der Waals surface area contributed by atoms with Crippen LogP contribution in [-0.2, 0) is 4.79 Å². The van der Waals surface area contributed by atoms with Crippen molar-refractivity contribution in [2.24, 2.45) is 5.92 Å². The fourth-order valence-electron chi connectivity index (χ4n) is 3.44. The first-order valence-electron chi connectivity index (χ1n) is 7.20. The van der Waals surface area contributed by atoms with Gasteiger partial charge in [-0.15, -0.1) is 0 Å². The lowest BCUT2D eigenvalue weighted by Gasteiger charge is -2.26. The normalized spacial score (nSPS) is 23.4. The smallest absolute Gasteiger partial charge is 0.140 e. The van der Waals surface area contributed by atoms with Crippen LogP contribution in [0.5, 0.6) is 0 Å². The zero-order valence-electron chi connectivity index (χ0n) is 10.8. The maximum Gasteiger partial charge on any atom is 0.140 e. The zero-order valence-corrected chi connectivity index (χ0v) is 10.8. The summed E-state index contributed by atoms with van der Waals surface area (Å²) >= 11 is 0. The van der Waals surface area contributed by atoms with Gasteiger partial charge in [0.1, 0.15) is 5.78 Å². The first-order chi connectivity index (χ1) is 8.84. The van der Waals surface area contributed by atoms with E-state index < -0.39 is 0 Å². The van der Waals surface area contributed by atoms with Crippen LogP contribution in [0.3, 0.4) is 0 Å². The van der Waals surface area contributed by atoms with Gasteiger partial charge in [0.05, 0.1) is 0 Å². The highest BCUT2D eigenvalue weighted by atomic mass is 16.1. The minimum absolute atomic E-state index is 0.142. The van der Waals surface area contributed by atoms with Crippen LogP contribution >= 0.6 is 0 Å². The Labute approximate surface area is 109 Å². The monoisotopic (exact) mass is 243 g/mol. The molecule has 2 nitrogen and oxygen atoms in total. The Kier molecular flexibility index (Phi) is 3.35. The van der Waals surface area contributed by atoms with Gasteiger partial charge in [0, 0.05) is 24.6 Å². The number of rotatable bonds is 3. The van der Waals surface area contributed by atoms with Crippen molar-refractivity contribution in [3.05, 3.63) is 29.8 Å². The van der Waals surface area contributed by atoms with Crippen molar-refractivity contribution in [3.8, 4) is 0 Å². The van der Waals surface area contributed by atoms with Crippen LogP contribution in [0.15, 0.2) is 24.3 Å². The maximum absolute atomic E-state index is 12.5. The second kappa shape index (κ2) is 5.13. The van der Waals surface area contributed by atoms with Crippen LogP contribution in [-0.4, -0.2) is 12.3 Å². The first kappa shape index (κ1) is 11.8. The third-order valence-electron chi connectivity index (χ3n) is 4.44. The molecular formula is C16H21NO. The number of Topliss-reactive ketones (excluding diaryl/α,β-unsaturated/α-hetero) is 1. The van der Waals surface area contributed by atoms with Gasteiger partial charge >= 0.3 is 0 Å². The number of carbonyl (C=O) groups excluding carboxylic acids is 1. The fraction of sp³-hybridized carbons (Fsp3) is 0.562. The summed E-state index contributed by atoms with van der Waals surface area (Å²) in [6, 6.07) is 8.28. The molecule has 1 aliphatic carbocycles. The second-order valence-electron chi connectivity index (χ2n) is 5.68. The number of hydrogen-bond acceptors (Lipinski definition) is 2. The van der Waals surface area contributed by atoms with E-state index in [1.54, 1.807) is 0 Å². The summed E-state index contributed by atoms with van der Waals surface area (Å²) in [4.78, 5) is 12.5. The maximum atomic E-state index is 12.5. The van der Waals surface area contributed by atoms with E-state index in [9.17, 15) is 4.79 Å². The predicted octanol–water partition coefficient (Wildman–Crippen LogP) is 3.74.